The summed E-state index contributed by atoms with van der Waals surface area (Å²) in [6, 6.07) is 8.08. The lowest BCUT2D eigenvalue weighted by molar-refractivity contribution is -0.384. The van der Waals surface area contributed by atoms with Crippen LogP contribution in [-0.4, -0.2) is 38.5 Å². The predicted octanol–water partition coefficient (Wildman–Crippen LogP) is 2.60. The molecule has 1 N–H and O–H groups in total. The first-order valence-corrected chi connectivity index (χ1v) is 7.93. The summed E-state index contributed by atoms with van der Waals surface area (Å²) in [7, 11) is 1.85. The molecule has 0 aliphatic rings. The molecule has 0 radical (unpaired) electrons. The molecule has 3 aromatic rings. The highest BCUT2D eigenvalue weighted by Crippen LogP contribution is 2.24. The highest BCUT2D eigenvalue weighted by Gasteiger charge is 2.09. The van der Waals surface area contributed by atoms with Gasteiger partial charge in [-0.25, -0.2) is 19.9 Å². The second-order valence-corrected chi connectivity index (χ2v) is 5.44. The average Bonchev–Trinajstić information content (AvgIpc) is 2.69. The van der Waals surface area contributed by atoms with Gasteiger partial charge in [-0.1, -0.05) is 0 Å². The molecule has 0 unspecified atom stereocenters. The number of anilines is 3. The number of nitrogens with one attached hydrogen (secondary N) is 1. The molecule has 0 aliphatic carbocycles. The predicted molar refractivity (Wildman–Crippen MR) is 97.4 cm³/mol. The maximum absolute atomic E-state index is 10.7. The third kappa shape index (κ3) is 4.26. The van der Waals surface area contributed by atoms with E-state index >= 15 is 0 Å². The second-order valence-electron chi connectivity index (χ2n) is 5.44. The van der Waals surface area contributed by atoms with Crippen molar-refractivity contribution in [2.45, 2.75) is 6.42 Å². The van der Waals surface area contributed by atoms with Crippen LogP contribution in [0.1, 0.15) is 5.82 Å². The molecule has 3 rings (SSSR count). The topological polar surface area (TPSA) is 110 Å². The molecule has 1 aromatic carbocycles. The van der Waals surface area contributed by atoms with Gasteiger partial charge < -0.3 is 10.2 Å². The van der Waals surface area contributed by atoms with Crippen molar-refractivity contribution in [2.24, 2.45) is 0 Å². The van der Waals surface area contributed by atoms with E-state index in [1.807, 2.05) is 11.9 Å². The number of benzene rings is 1. The number of non-ortho nitro benzene ring substituents is 1. The van der Waals surface area contributed by atoms with Gasteiger partial charge in [-0.2, -0.15) is 0 Å². The molecule has 0 fully saturated rings. The number of aromatic nitrogens is 4. The highest BCUT2D eigenvalue weighted by atomic mass is 16.6. The second kappa shape index (κ2) is 7.97. The molecule has 0 saturated carbocycles. The molecular formula is C17H17N7O2. The number of nitrogens with zero attached hydrogens (tertiary/aromatic N) is 6. The van der Waals surface area contributed by atoms with Gasteiger partial charge in [0.2, 0.25) is 5.95 Å². The third-order valence-corrected chi connectivity index (χ3v) is 3.72. The average molecular weight is 351 g/mol. The van der Waals surface area contributed by atoms with Crippen LogP contribution >= 0.6 is 0 Å². The minimum atomic E-state index is -0.420. The first-order chi connectivity index (χ1) is 12.6. The van der Waals surface area contributed by atoms with Crippen molar-refractivity contribution in [3.63, 3.8) is 0 Å². The summed E-state index contributed by atoms with van der Waals surface area (Å²) in [6.45, 7) is 0.627. The van der Waals surface area contributed by atoms with Gasteiger partial charge in [-0.3, -0.25) is 10.1 Å². The van der Waals surface area contributed by atoms with E-state index in [1.165, 1.54) is 12.1 Å². The Morgan fingerprint density at radius 1 is 1.04 bits per heavy atom. The molecule has 26 heavy (non-hydrogen) atoms. The molecule has 2 aromatic heterocycles. The lowest BCUT2D eigenvalue weighted by Crippen LogP contribution is -2.12. The highest BCUT2D eigenvalue weighted by molar-refractivity contribution is 5.62. The van der Waals surface area contributed by atoms with Crippen LogP contribution in [0.5, 0.6) is 0 Å². The number of nitro groups is 1. The minimum absolute atomic E-state index is 0.0589. The Balaban J connectivity index is 1.58. The van der Waals surface area contributed by atoms with Crippen LogP contribution in [0.4, 0.5) is 23.0 Å². The lowest BCUT2D eigenvalue weighted by atomic mass is 10.2. The zero-order chi connectivity index (χ0) is 18.4. The van der Waals surface area contributed by atoms with Gasteiger partial charge in [0.25, 0.3) is 5.69 Å². The van der Waals surface area contributed by atoms with Crippen molar-refractivity contribution < 1.29 is 4.92 Å². The molecule has 0 aliphatic heterocycles. The van der Waals surface area contributed by atoms with Crippen molar-refractivity contribution in [3.05, 3.63) is 71.1 Å². The Morgan fingerprint density at radius 3 is 2.31 bits per heavy atom. The summed E-state index contributed by atoms with van der Waals surface area (Å²) in [4.78, 5) is 29.1. The largest absolute Gasteiger partial charge is 0.354 e. The molecular weight excluding hydrogens is 334 g/mol. The summed E-state index contributed by atoms with van der Waals surface area (Å²) in [5.41, 5.74) is 1.67. The summed E-state index contributed by atoms with van der Waals surface area (Å²) in [6.07, 6.45) is 7.44. The third-order valence-electron chi connectivity index (χ3n) is 3.72. The summed E-state index contributed by atoms with van der Waals surface area (Å²) in [5.74, 6) is 1.27. The molecule has 0 spiro atoms. The summed E-state index contributed by atoms with van der Waals surface area (Å²) < 4.78 is 0. The van der Waals surface area contributed by atoms with Crippen molar-refractivity contribution in [1.82, 2.24) is 19.9 Å². The van der Waals surface area contributed by atoms with Crippen LogP contribution in [0.3, 0.4) is 0 Å². The number of hydrogen-bond donors (Lipinski definition) is 1. The molecule has 0 bridgehead atoms. The molecule has 9 heteroatoms. The van der Waals surface area contributed by atoms with E-state index in [0.717, 1.165) is 11.4 Å². The standard InChI is InChI=1S/C17H17N7O2/c1-23(13-3-5-14(6-4-13)24(25)26)15-11-21-16(22-12-15)7-10-20-17-18-8-2-9-19-17/h2-6,8-9,11-12H,7,10H2,1H3,(H,18,19,20). The van der Waals surface area contributed by atoms with E-state index in [4.69, 9.17) is 0 Å². The van der Waals surface area contributed by atoms with Gasteiger partial charge in [0.15, 0.2) is 0 Å². The number of rotatable bonds is 7. The molecule has 9 nitrogen and oxygen atoms in total. The Morgan fingerprint density at radius 2 is 1.69 bits per heavy atom. The van der Waals surface area contributed by atoms with E-state index in [0.29, 0.717) is 24.7 Å². The van der Waals surface area contributed by atoms with Crippen LogP contribution in [0, 0.1) is 10.1 Å². The molecule has 0 saturated heterocycles. The van der Waals surface area contributed by atoms with Crippen LogP contribution < -0.4 is 10.2 Å². The lowest BCUT2D eigenvalue weighted by Gasteiger charge is -2.18. The zero-order valence-electron chi connectivity index (χ0n) is 14.1. The van der Waals surface area contributed by atoms with Crippen LogP contribution in [0.25, 0.3) is 0 Å². The molecule has 0 amide bonds. The van der Waals surface area contributed by atoms with Crippen molar-refractivity contribution in [2.75, 3.05) is 23.8 Å². The molecule has 2 heterocycles. The van der Waals surface area contributed by atoms with Crippen LogP contribution in [0.15, 0.2) is 55.1 Å². The number of hydrogen-bond acceptors (Lipinski definition) is 8. The first-order valence-electron chi connectivity index (χ1n) is 7.93. The van der Waals surface area contributed by atoms with E-state index in [-0.39, 0.29) is 5.69 Å². The van der Waals surface area contributed by atoms with Gasteiger partial charge in [-0.05, 0) is 18.2 Å². The zero-order valence-corrected chi connectivity index (χ0v) is 14.1. The fourth-order valence-electron chi connectivity index (χ4n) is 2.27. The van der Waals surface area contributed by atoms with Gasteiger partial charge in [-0.15, -0.1) is 0 Å². The van der Waals surface area contributed by atoms with Gasteiger partial charge in [0.05, 0.1) is 23.0 Å². The van der Waals surface area contributed by atoms with Crippen molar-refractivity contribution >= 4 is 23.0 Å². The Kier molecular flexibility index (Phi) is 5.28. The van der Waals surface area contributed by atoms with E-state index < -0.39 is 4.92 Å². The maximum Gasteiger partial charge on any atom is 0.269 e. The fraction of sp³-hybridized carbons (Fsp3) is 0.176. The minimum Gasteiger partial charge on any atom is -0.354 e. The van der Waals surface area contributed by atoms with E-state index in [9.17, 15) is 10.1 Å². The molecule has 0 atom stereocenters. The fourth-order valence-corrected chi connectivity index (χ4v) is 2.27. The Bertz CT molecular complexity index is 855. The monoisotopic (exact) mass is 351 g/mol. The van der Waals surface area contributed by atoms with Gasteiger partial charge in [0, 0.05) is 50.2 Å². The summed E-state index contributed by atoms with van der Waals surface area (Å²) in [5, 5.41) is 13.8. The Labute approximate surface area is 149 Å². The summed E-state index contributed by atoms with van der Waals surface area (Å²) >= 11 is 0. The smallest absolute Gasteiger partial charge is 0.269 e. The van der Waals surface area contributed by atoms with Gasteiger partial charge in [0.1, 0.15) is 5.82 Å². The van der Waals surface area contributed by atoms with E-state index in [2.05, 4.69) is 25.3 Å². The quantitative estimate of drug-likeness (QED) is 0.511. The van der Waals surface area contributed by atoms with Crippen LogP contribution in [-0.2, 0) is 6.42 Å². The number of nitro benzene ring substituents is 1. The normalized spacial score (nSPS) is 10.3. The first kappa shape index (κ1) is 17.2. The van der Waals surface area contributed by atoms with E-state index in [1.54, 1.807) is 43.0 Å². The Hall–Kier alpha value is -3.62. The maximum atomic E-state index is 10.7. The van der Waals surface area contributed by atoms with Gasteiger partial charge >= 0.3 is 0 Å². The van der Waals surface area contributed by atoms with Crippen LogP contribution in [0.2, 0.25) is 0 Å². The molecule has 132 valence electrons. The SMILES string of the molecule is CN(c1ccc([N+](=O)[O-])cc1)c1cnc(CCNc2ncccn2)nc1. The van der Waals surface area contributed by atoms with Crippen molar-refractivity contribution in [1.29, 1.82) is 0 Å². The van der Waals surface area contributed by atoms with Crippen molar-refractivity contribution in [3.8, 4) is 0 Å².